The molecule has 1 aliphatic heterocycles. The molecule has 3 unspecified atom stereocenters. The number of carboxylic acid groups (broad SMARTS) is 1. The second kappa shape index (κ2) is 11.7. The fourth-order valence-corrected chi connectivity index (χ4v) is 6.36. The molecule has 0 radical (unpaired) electrons. The average Bonchev–Trinajstić information content (AvgIpc) is 3.48. The Hall–Kier alpha value is -4.33. The Balaban J connectivity index is 1.20. The number of aromatic nitrogens is 2. The van der Waals surface area contributed by atoms with E-state index in [1.54, 1.807) is 31.5 Å². The summed E-state index contributed by atoms with van der Waals surface area (Å²) < 4.78 is 6.35. The maximum Gasteiger partial charge on any atom is 0.314 e. The van der Waals surface area contributed by atoms with Gasteiger partial charge in [0.05, 0.1) is 12.3 Å². The van der Waals surface area contributed by atoms with Crippen molar-refractivity contribution in [2.75, 3.05) is 13.1 Å². The molecule has 43 heavy (non-hydrogen) atoms. The van der Waals surface area contributed by atoms with E-state index in [0.717, 1.165) is 64.9 Å². The van der Waals surface area contributed by atoms with Crippen LogP contribution in [-0.2, 0) is 4.79 Å². The Morgan fingerprint density at radius 3 is 2.67 bits per heavy atom. The number of rotatable bonds is 8. The number of fused-ring (bicyclic) bond motifs is 1. The van der Waals surface area contributed by atoms with Gasteiger partial charge in [0.25, 0.3) is 0 Å². The molecule has 1 aliphatic carbocycles. The molecule has 220 valence electrons. The number of aliphatic hydroxyl groups excluding tert-OH is 1. The summed E-state index contributed by atoms with van der Waals surface area (Å²) >= 11 is 6.13. The highest BCUT2D eigenvalue weighted by Gasteiger charge is 2.42. The Morgan fingerprint density at radius 2 is 1.95 bits per heavy atom. The van der Waals surface area contributed by atoms with Crippen LogP contribution in [0.1, 0.15) is 37.0 Å². The number of carbonyl (C=O) groups is 1. The maximum atomic E-state index is 12.2. The molecule has 0 amide bonds. The third-order valence-corrected chi connectivity index (χ3v) is 8.88. The first-order valence-electron chi connectivity index (χ1n) is 14.5. The zero-order chi connectivity index (χ0) is 30.1. The lowest BCUT2D eigenvalue weighted by atomic mass is 9.82. The summed E-state index contributed by atoms with van der Waals surface area (Å²) in [7, 11) is 0. The van der Waals surface area contributed by atoms with E-state index in [-0.39, 0.29) is 5.92 Å². The number of carboxylic acids is 1. The molecular weight excluding hydrogens is 562 g/mol. The number of hydrogen-bond donors (Lipinski definition) is 3. The second-order valence-electron chi connectivity index (χ2n) is 11.4. The molecule has 2 aliphatic rings. The monoisotopic (exact) mass is 595 g/mol. The van der Waals surface area contributed by atoms with Crippen molar-refractivity contribution >= 4 is 34.7 Å². The summed E-state index contributed by atoms with van der Waals surface area (Å²) in [5, 5.41) is 23.2. The predicted molar refractivity (Wildman–Crippen MR) is 170 cm³/mol. The highest BCUT2D eigenvalue weighted by atomic mass is 35.5. The van der Waals surface area contributed by atoms with Crippen molar-refractivity contribution in [1.29, 1.82) is 0 Å². The number of ether oxygens (including phenoxy) is 1. The standard InChI is InChI=1S/C35H34ClN3O4/c1-3-22-4-10-29(23-5-7-26(36)8-6-23)30(18-22)32(40)24-13-16-39(17-14-24)27-9-11-31(34(41)42)35(2,20-27)43-28-19-25-12-15-37-33(25)38-21-28/h3-12,15,18-21,24,31-32,40H,1,13-14,16-17H2,2H3,(H,37,38)(H,41,42). The van der Waals surface area contributed by atoms with Gasteiger partial charge in [0.1, 0.15) is 22.9 Å². The molecule has 2 aromatic heterocycles. The normalized spacial score (nSPS) is 21.4. The van der Waals surface area contributed by atoms with Crippen LogP contribution in [0, 0.1) is 11.8 Å². The minimum absolute atomic E-state index is 0.0593. The molecule has 3 heterocycles. The van der Waals surface area contributed by atoms with Crippen molar-refractivity contribution in [3.63, 3.8) is 0 Å². The average molecular weight is 596 g/mol. The molecule has 0 spiro atoms. The smallest absolute Gasteiger partial charge is 0.314 e. The van der Waals surface area contributed by atoms with Crippen molar-refractivity contribution in [2.45, 2.75) is 31.5 Å². The number of piperidine rings is 1. The largest absolute Gasteiger partial charge is 0.481 e. The number of nitrogens with zero attached hydrogens (tertiary/aromatic N) is 2. The first-order chi connectivity index (χ1) is 20.7. The third-order valence-electron chi connectivity index (χ3n) is 8.63. The summed E-state index contributed by atoms with van der Waals surface area (Å²) in [5.74, 6) is -1.25. The molecule has 2 aromatic carbocycles. The fraction of sp³-hybridized carbons (Fsp3) is 0.257. The first-order valence-corrected chi connectivity index (χ1v) is 14.8. The Morgan fingerprint density at radius 1 is 1.19 bits per heavy atom. The number of pyridine rings is 1. The number of aromatic amines is 1. The van der Waals surface area contributed by atoms with Crippen LogP contribution >= 0.6 is 11.6 Å². The van der Waals surface area contributed by atoms with Crippen molar-refractivity contribution in [1.82, 2.24) is 14.9 Å². The van der Waals surface area contributed by atoms with Gasteiger partial charge < -0.3 is 24.8 Å². The van der Waals surface area contributed by atoms with Crippen LogP contribution < -0.4 is 4.74 Å². The Labute approximate surface area is 255 Å². The highest BCUT2D eigenvalue weighted by molar-refractivity contribution is 6.30. The van der Waals surface area contributed by atoms with Crippen LogP contribution in [0.2, 0.25) is 5.02 Å². The lowest BCUT2D eigenvalue weighted by Crippen LogP contribution is -2.46. The minimum atomic E-state index is -1.11. The van der Waals surface area contributed by atoms with Crippen LogP contribution in [0.15, 0.2) is 97.5 Å². The summed E-state index contributed by atoms with van der Waals surface area (Å²) in [4.78, 5) is 21.9. The van der Waals surface area contributed by atoms with Gasteiger partial charge in [0.15, 0.2) is 0 Å². The molecule has 7 nitrogen and oxygen atoms in total. The summed E-state index contributed by atoms with van der Waals surface area (Å²) in [6, 6.07) is 17.5. The van der Waals surface area contributed by atoms with Crippen LogP contribution in [0.5, 0.6) is 5.75 Å². The van der Waals surface area contributed by atoms with E-state index in [4.69, 9.17) is 16.3 Å². The van der Waals surface area contributed by atoms with Crippen LogP contribution in [0.4, 0.5) is 0 Å². The molecule has 3 N–H and O–H groups in total. The first kappa shape index (κ1) is 28.8. The molecule has 6 rings (SSSR count). The Kier molecular flexibility index (Phi) is 7.86. The maximum absolute atomic E-state index is 12.2. The van der Waals surface area contributed by atoms with E-state index in [2.05, 4.69) is 21.4 Å². The third kappa shape index (κ3) is 5.83. The molecule has 1 saturated heterocycles. The molecule has 3 atom stereocenters. The van der Waals surface area contributed by atoms with Gasteiger partial charge in [0, 0.05) is 35.4 Å². The van der Waals surface area contributed by atoms with Crippen molar-refractivity contribution < 1.29 is 19.7 Å². The van der Waals surface area contributed by atoms with Gasteiger partial charge in [-0.2, -0.15) is 0 Å². The summed E-state index contributed by atoms with van der Waals surface area (Å²) in [5.41, 5.74) is 4.37. The number of likely N-dealkylation sites (tertiary alicyclic amines) is 1. The number of allylic oxidation sites excluding steroid dienone is 1. The number of H-pyrrole nitrogens is 1. The van der Waals surface area contributed by atoms with Gasteiger partial charge in [-0.05, 0) is 90.4 Å². The number of nitrogens with one attached hydrogen (secondary N) is 1. The van der Waals surface area contributed by atoms with E-state index in [1.165, 1.54) is 0 Å². The van der Waals surface area contributed by atoms with Gasteiger partial charge in [0.2, 0.25) is 0 Å². The summed E-state index contributed by atoms with van der Waals surface area (Å²) in [6.07, 6.45) is 11.6. The van der Waals surface area contributed by atoms with Gasteiger partial charge in [-0.1, -0.05) is 54.6 Å². The lowest BCUT2D eigenvalue weighted by molar-refractivity contribution is -0.144. The molecule has 0 saturated carbocycles. The summed E-state index contributed by atoms with van der Waals surface area (Å²) in [6.45, 7) is 7.16. The molecule has 8 heteroatoms. The van der Waals surface area contributed by atoms with E-state index >= 15 is 0 Å². The number of aliphatic carboxylic acids is 1. The Bertz CT molecular complexity index is 1720. The quantitative estimate of drug-likeness (QED) is 0.198. The van der Waals surface area contributed by atoms with Gasteiger partial charge in [-0.25, -0.2) is 4.98 Å². The van der Waals surface area contributed by atoms with Crippen LogP contribution in [0.25, 0.3) is 28.2 Å². The minimum Gasteiger partial charge on any atom is -0.481 e. The topological polar surface area (TPSA) is 98.7 Å². The van der Waals surface area contributed by atoms with Gasteiger partial charge in [-0.15, -0.1) is 0 Å². The molecule has 4 aromatic rings. The number of hydrogen-bond acceptors (Lipinski definition) is 5. The van der Waals surface area contributed by atoms with Crippen LogP contribution in [-0.4, -0.2) is 49.7 Å². The molecular formula is C35H34ClN3O4. The van der Waals surface area contributed by atoms with Crippen molar-refractivity contribution in [2.24, 2.45) is 11.8 Å². The fourth-order valence-electron chi connectivity index (χ4n) is 6.24. The van der Waals surface area contributed by atoms with Crippen LogP contribution in [0.3, 0.4) is 0 Å². The molecule has 0 bridgehead atoms. The lowest BCUT2D eigenvalue weighted by Gasteiger charge is -2.40. The van der Waals surface area contributed by atoms with Gasteiger partial charge in [-0.3, -0.25) is 4.79 Å². The highest BCUT2D eigenvalue weighted by Crippen LogP contribution is 2.40. The number of halogens is 1. The van der Waals surface area contributed by atoms with Crippen molar-refractivity contribution in [3.05, 3.63) is 114 Å². The second-order valence-corrected chi connectivity index (χ2v) is 11.9. The molecule has 1 fully saturated rings. The van der Waals surface area contributed by atoms with E-state index in [0.29, 0.717) is 10.8 Å². The van der Waals surface area contributed by atoms with Gasteiger partial charge >= 0.3 is 5.97 Å². The number of aliphatic hydroxyl groups is 1. The van der Waals surface area contributed by atoms with Crippen molar-refractivity contribution in [3.8, 4) is 16.9 Å². The van der Waals surface area contributed by atoms with E-state index in [9.17, 15) is 15.0 Å². The predicted octanol–water partition coefficient (Wildman–Crippen LogP) is 7.26. The van der Waals surface area contributed by atoms with E-state index < -0.39 is 23.6 Å². The zero-order valence-corrected chi connectivity index (χ0v) is 24.7. The van der Waals surface area contributed by atoms with E-state index in [1.807, 2.05) is 66.7 Å². The zero-order valence-electron chi connectivity index (χ0n) is 23.9. The SMILES string of the molecule is C=Cc1ccc(-c2ccc(Cl)cc2)c(C(O)C2CCN(C3=CC(C)(Oc4cnc5[nH]ccc5c4)C(C(=O)O)C=C3)CC2)c1. The number of benzene rings is 2.